The maximum Gasteiger partial charge on any atom is 0.222 e. The molecule has 4 nitrogen and oxygen atoms in total. The summed E-state index contributed by atoms with van der Waals surface area (Å²) in [5.74, 6) is 0.305. The van der Waals surface area contributed by atoms with Gasteiger partial charge in [0.25, 0.3) is 0 Å². The Kier molecular flexibility index (Phi) is 4.20. The molecule has 3 unspecified atom stereocenters. The van der Waals surface area contributed by atoms with Gasteiger partial charge in [0, 0.05) is 49.2 Å². The summed E-state index contributed by atoms with van der Waals surface area (Å²) in [5, 5.41) is 0.743. The van der Waals surface area contributed by atoms with Crippen LogP contribution in [-0.2, 0) is 4.79 Å². The zero-order valence-corrected chi connectivity index (χ0v) is 13.1. The minimum atomic E-state index is 0.0205. The molecule has 0 aliphatic carbocycles. The Morgan fingerprint density at radius 2 is 2.19 bits per heavy atom. The van der Waals surface area contributed by atoms with Crippen molar-refractivity contribution < 1.29 is 4.79 Å². The molecule has 5 heteroatoms. The second kappa shape index (κ2) is 5.95. The number of nitrogens with two attached hydrogens (primary N) is 1. The molecule has 0 aromatic heterocycles. The average molecular weight is 308 g/mol. The lowest BCUT2D eigenvalue weighted by Crippen LogP contribution is -2.54. The summed E-state index contributed by atoms with van der Waals surface area (Å²) in [5.41, 5.74) is 7.41. The standard InChI is InChI=1S/C16H22ClN3O/c1-11(18)16(12-3-2-4-13(17)9-12)19-7-8-20-14(10-19)5-6-15(20)21/h2-4,9,11,14,16H,5-8,10,18H2,1H3. The van der Waals surface area contributed by atoms with E-state index in [1.807, 2.05) is 30.0 Å². The van der Waals surface area contributed by atoms with Gasteiger partial charge in [0.15, 0.2) is 0 Å². The molecule has 3 atom stereocenters. The van der Waals surface area contributed by atoms with Crippen LogP contribution in [-0.4, -0.2) is 47.4 Å². The Balaban J connectivity index is 1.81. The quantitative estimate of drug-likeness (QED) is 0.929. The summed E-state index contributed by atoms with van der Waals surface area (Å²) < 4.78 is 0. The molecule has 2 heterocycles. The first-order chi connectivity index (χ1) is 10.1. The van der Waals surface area contributed by atoms with E-state index in [9.17, 15) is 4.79 Å². The Hall–Kier alpha value is -1.10. The number of nitrogens with zero attached hydrogens (tertiary/aromatic N) is 2. The van der Waals surface area contributed by atoms with Crippen molar-refractivity contribution in [3.63, 3.8) is 0 Å². The fraction of sp³-hybridized carbons (Fsp3) is 0.562. The summed E-state index contributed by atoms with van der Waals surface area (Å²) in [4.78, 5) is 16.2. The van der Waals surface area contributed by atoms with Gasteiger partial charge in [-0.15, -0.1) is 0 Å². The molecule has 2 N–H and O–H groups in total. The van der Waals surface area contributed by atoms with E-state index in [0.29, 0.717) is 18.4 Å². The SMILES string of the molecule is CC(N)C(c1cccc(Cl)c1)N1CCN2C(=O)CCC2C1. The van der Waals surface area contributed by atoms with Gasteiger partial charge in [0.2, 0.25) is 5.91 Å². The van der Waals surface area contributed by atoms with Crippen molar-refractivity contribution in [1.29, 1.82) is 0 Å². The largest absolute Gasteiger partial charge is 0.337 e. The maximum absolute atomic E-state index is 11.8. The fourth-order valence-corrected chi connectivity index (χ4v) is 3.88. The molecule has 2 fully saturated rings. The van der Waals surface area contributed by atoms with Crippen LogP contribution in [0.2, 0.25) is 5.02 Å². The molecule has 2 aliphatic heterocycles. The minimum absolute atomic E-state index is 0.0205. The van der Waals surface area contributed by atoms with Gasteiger partial charge in [-0.2, -0.15) is 0 Å². The van der Waals surface area contributed by atoms with E-state index in [1.165, 1.54) is 0 Å². The van der Waals surface area contributed by atoms with Gasteiger partial charge in [0.05, 0.1) is 0 Å². The maximum atomic E-state index is 11.8. The second-order valence-electron chi connectivity index (χ2n) is 6.13. The molecule has 21 heavy (non-hydrogen) atoms. The number of halogens is 1. The minimum Gasteiger partial charge on any atom is -0.337 e. The van der Waals surface area contributed by atoms with Crippen LogP contribution in [0.3, 0.4) is 0 Å². The van der Waals surface area contributed by atoms with E-state index in [4.69, 9.17) is 17.3 Å². The molecule has 1 aromatic carbocycles. The van der Waals surface area contributed by atoms with E-state index in [0.717, 1.165) is 36.6 Å². The van der Waals surface area contributed by atoms with Crippen molar-refractivity contribution in [3.8, 4) is 0 Å². The van der Waals surface area contributed by atoms with Crippen molar-refractivity contribution in [2.75, 3.05) is 19.6 Å². The third-order valence-corrected chi connectivity index (χ3v) is 4.84. The van der Waals surface area contributed by atoms with Crippen LogP contribution in [0.25, 0.3) is 0 Å². The van der Waals surface area contributed by atoms with Crippen LogP contribution in [0.15, 0.2) is 24.3 Å². The molecule has 3 rings (SSSR count). The first kappa shape index (κ1) is 14.8. The Labute approximate surface area is 130 Å². The fourth-order valence-electron chi connectivity index (χ4n) is 3.68. The number of benzene rings is 1. The number of rotatable bonds is 3. The zero-order valence-electron chi connectivity index (χ0n) is 12.3. The monoisotopic (exact) mass is 307 g/mol. The molecule has 2 saturated heterocycles. The molecule has 114 valence electrons. The predicted molar refractivity (Wildman–Crippen MR) is 84.2 cm³/mol. The number of hydrogen-bond donors (Lipinski definition) is 1. The summed E-state index contributed by atoms with van der Waals surface area (Å²) >= 11 is 6.13. The highest BCUT2D eigenvalue weighted by atomic mass is 35.5. The van der Waals surface area contributed by atoms with Crippen LogP contribution in [0.4, 0.5) is 0 Å². The predicted octanol–water partition coefficient (Wildman–Crippen LogP) is 2.03. The first-order valence-electron chi connectivity index (χ1n) is 7.61. The average Bonchev–Trinajstić information content (AvgIpc) is 2.80. The Morgan fingerprint density at radius 1 is 1.38 bits per heavy atom. The lowest BCUT2D eigenvalue weighted by Gasteiger charge is -2.43. The molecule has 2 aliphatic rings. The van der Waals surface area contributed by atoms with Crippen molar-refractivity contribution >= 4 is 17.5 Å². The molecule has 1 amide bonds. The van der Waals surface area contributed by atoms with Crippen molar-refractivity contribution in [2.45, 2.75) is 37.9 Å². The van der Waals surface area contributed by atoms with Crippen LogP contribution < -0.4 is 5.73 Å². The van der Waals surface area contributed by atoms with Crippen molar-refractivity contribution in [1.82, 2.24) is 9.80 Å². The van der Waals surface area contributed by atoms with E-state index >= 15 is 0 Å². The second-order valence-corrected chi connectivity index (χ2v) is 6.57. The van der Waals surface area contributed by atoms with Gasteiger partial charge < -0.3 is 10.6 Å². The Morgan fingerprint density at radius 3 is 2.90 bits per heavy atom. The lowest BCUT2D eigenvalue weighted by molar-refractivity contribution is -0.131. The van der Waals surface area contributed by atoms with Crippen LogP contribution in [0.1, 0.15) is 31.4 Å². The van der Waals surface area contributed by atoms with Gasteiger partial charge in [-0.25, -0.2) is 0 Å². The van der Waals surface area contributed by atoms with E-state index in [1.54, 1.807) is 0 Å². The molecule has 0 bridgehead atoms. The van der Waals surface area contributed by atoms with Gasteiger partial charge >= 0.3 is 0 Å². The highest BCUT2D eigenvalue weighted by molar-refractivity contribution is 6.30. The van der Waals surface area contributed by atoms with Crippen molar-refractivity contribution in [2.24, 2.45) is 5.73 Å². The number of fused-ring (bicyclic) bond motifs is 1. The summed E-state index contributed by atoms with van der Waals surface area (Å²) in [6.45, 7) is 4.64. The van der Waals surface area contributed by atoms with E-state index in [-0.39, 0.29) is 12.1 Å². The molecule has 0 spiro atoms. The molecule has 1 aromatic rings. The van der Waals surface area contributed by atoms with Gasteiger partial charge in [-0.1, -0.05) is 23.7 Å². The smallest absolute Gasteiger partial charge is 0.222 e. The first-order valence-corrected chi connectivity index (χ1v) is 7.98. The van der Waals surface area contributed by atoms with E-state index < -0.39 is 0 Å². The number of piperazine rings is 1. The Bertz CT molecular complexity index is 534. The highest BCUT2D eigenvalue weighted by Gasteiger charge is 2.38. The summed E-state index contributed by atoms with van der Waals surface area (Å²) in [7, 11) is 0. The van der Waals surface area contributed by atoms with Crippen molar-refractivity contribution in [3.05, 3.63) is 34.9 Å². The molecular weight excluding hydrogens is 286 g/mol. The van der Waals surface area contributed by atoms with Gasteiger partial charge in [-0.3, -0.25) is 9.69 Å². The van der Waals surface area contributed by atoms with Gasteiger partial charge in [-0.05, 0) is 31.0 Å². The molecule has 0 saturated carbocycles. The van der Waals surface area contributed by atoms with Crippen LogP contribution in [0, 0.1) is 0 Å². The van der Waals surface area contributed by atoms with Gasteiger partial charge in [0.1, 0.15) is 0 Å². The number of carbonyl (C=O) groups is 1. The third kappa shape index (κ3) is 2.93. The topological polar surface area (TPSA) is 49.6 Å². The number of hydrogen-bond acceptors (Lipinski definition) is 3. The molecule has 0 radical (unpaired) electrons. The summed E-state index contributed by atoms with van der Waals surface area (Å²) in [6, 6.07) is 8.48. The zero-order chi connectivity index (χ0) is 15.0. The van der Waals surface area contributed by atoms with Crippen LogP contribution >= 0.6 is 11.6 Å². The lowest BCUT2D eigenvalue weighted by atomic mass is 9.97. The highest BCUT2D eigenvalue weighted by Crippen LogP contribution is 2.31. The third-order valence-electron chi connectivity index (χ3n) is 4.61. The van der Waals surface area contributed by atoms with Crippen LogP contribution in [0.5, 0.6) is 0 Å². The molecular formula is C16H22ClN3O. The van der Waals surface area contributed by atoms with E-state index in [2.05, 4.69) is 11.0 Å². The number of amides is 1. The number of carbonyl (C=O) groups excluding carboxylic acids is 1. The summed E-state index contributed by atoms with van der Waals surface area (Å²) in [6.07, 6.45) is 1.66. The normalized spacial score (nSPS) is 25.8.